The third-order valence-electron chi connectivity index (χ3n) is 2.26. The maximum Gasteiger partial charge on any atom is 0.331 e. The van der Waals surface area contributed by atoms with Crippen molar-refractivity contribution in [2.45, 2.75) is 6.92 Å². The van der Waals surface area contributed by atoms with Crippen LogP contribution in [-0.2, 0) is 0 Å². The van der Waals surface area contributed by atoms with Crippen LogP contribution in [0.25, 0.3) is 5.82 Å². The highest BCUT2D eigenvalue weighted by Gasteiger charge is 2.10. The maximum atomic E-state index is 5.16. The van der Waals surface area contributed by atoms with Crippen molar-refractivity contribution in [1.29, 1.82) is 0 Å². The first kappa shape index (κ1) is 9.65. The molecular weight excluding hydrogens is 188 g/mol. The Morgan fingerprint density at radius 3 is 2.87 bits per heavy atom. The molecule has 0 spiro atoms. The highest BCUT2D eigenvalue weighted by molar-refractivity contribution is 5.26. The fourth-order valence-corrected chi connectivity index (χ4v) is 1.44. The predicted octanol–water partition coefficient (Wildman–Crippen LogP) is 1.68. The van der Waals surface area contributed by atoms with Crippen molar-refractivity contribution in [2.75, 3.05) is 7.11 Å². The zero-order valence-electron chi connectivity index (χ0n) is 8.84. The van der Waals surface area contributed by atoms with Gasteiger partial charge in [-0.15, -0.1) is 0 Å². The van der Waals surface area contributed by atoms with Gasteiger partial charge in [0, 0.05) is 6.07 Å². The summed E-state index contributed by atoms with van der Waals surface area (Å²) < 4.78 is 7.18. The Kier molecular flexibility index (Phi) is 2.63. The van der Waals surface area contributed by atoms with Crippen molar-refractivity contribution in [3.63, 3.8) is 0 Å². The van der Waals surface area contributed by atoms with Crippen LogP contribution in [0.2, 0.25) is 0 Å². The summed E-state index contributed by atoms with van der Waals surface area (Å²) in [6, 6.07) is 9.77. The summed E-state index contributed by atoms with van der Waals surface area (Å²) in [5, 5.41) is 0. The molecule has 0 aromatic carbocycles. The minimum atomic E-state index is 0.816. The van der Waals surface area contributed by atoms with Crippen molar-refractivity contribution in [3.8, 4) is 11.6 Å². The van der Waals surface area contributed by atoms with Crippen LogP contribution in [0.4, 0.5) is 0 Å². The number of nitrogens with zero attached hydrogens (tertiary/aromatic N) is 2. The van der Waals surface area contributed by atoms with E-state index in [1.807, 2.05) is 48.0 Å². The van der Waals surface area contributed by atoms with Crippen molar-refractivity contribution in [1.82, 2.24) is 4.98 Å². The number of methoxy groups -OCH3 is 1. The van der Waals surface area contributed by atoms with Gasteiger partial charge in [-0.2, -0.15) is 0 Å². The van der Waals surface area contributed by atoms with Crippen LogP contribution in [0, 0.1) is 6.92 Å². The van der Waals surface area contributed by atoms with Gasteiger partial charge in [0.25, 0.3) is 0 Å². The fraction of sp³-hybridized carbons (Fsp3) is 0.167. The van der Waals surface area contributed by atoms with Gasteiger partial charge in [-0.3, -0.25) is 0 Å². The molecule has 2 aromatic rings. The highest BCUT2D eigenvalue weighted by atomic mass is 16.5. The zero-order chi connectivity index (χ0) is 10.7. The maximum absolute atomic E-state index is 5.16. The number of pyridine rings is 2. The molecule has 15 heavy (non-hydrogen) atoms. The van der Waals surface area contributed by atoms with Gasteiger partial charge in [-0.05, 0) is 24.0 Å². The molecule has 3 nitrogen and oxygen atoms in total. The second-order valence-electron chi connectivity index (χ2n) is 3.27. The Labute approximate surface area is 89.0 Å². The van der Waals surface area contributed by atoms with Crippen LogP contribution in [0.3, 0.4) is 0 Å². The van der Waals surface area contributed by atoms with Gasteiger partial charge in [0.15, 0.2) is 0 Å². The number of aromatic nitrogens is 2. The van der Waals surface area contributed by atoms with E-state index in [2.05, 4.69) is 4.98 Å². The van der Waals surface area contributed by atoms with E-state index in [-0.39, 0.29) is 0 Å². The van der Waals surface area contributed by atoms with Gasteiger partial charge in [0.05, 0.1) is 19.4 Å². The smallest absolute Gasteiger partial charge is 0.331 e. The molecule has 76 valence electrons. The van der Waals surface area contributed by atoms with Gasteiger partial charge in [0.1, 0.15) is 17.6 Å². The number of rotatable bonds is 2. The first-order chi connectivity index (χ1) is 7.31. The van der Waals surface area contributed by atoms with Crippen LogP contribution >= 0.6 is 0 Å². The van der Waals surface area contributed by atoms with Crippen molar-refractivity contribution in [3.05, 3.63) is 48.4 Å². The second kappa shape index (κ2) is 4.09. The molecule has 0 saturated carbocycles. The van der Waals surface area contributed by atoms with E-state index in [9.17, 15) is 0 Å². The minimum Gasteiger partial charge on any atom is -0.496 e. The highest BCUT2D eigenvalue weighted by Crippen LogP contribution is 2.09. The summed E-state index contributed by atoms with van der Waals surface area (Å²) in [6.45, 7) is 2.04. The average Bonchev–Trinajstić information content (AvgIpc) is 2.30. The normalized spacial score (nSPS) is 10.0. The molecule has 2 aromatic heterocycles. The van der Waals surface area contributed by atoms with Gasteiger partial charge >= 0.3 is 5.82 Å². The molecule has 0 bridgehead atoms. The number of aryl methyl sites for hydroxylation is 1. The van der Waals surface area contributed by atoms with Crippen LogP contribution in [0.5, 0.6) is 5.75 Å². The van der Waals surface area contributed by atoms with Crippen LogP contribution < -0.4 is 9.30 Å². The number of ether oxygens (including phenoxy) is 1. The third-order valence-corrected chi connectivity index (χ3v) is 2.26. The Hall–Kier alpha value is -1.90. The average molecular weight is 201 g/mol. The first-order valence-electron chi connectivity index (χ1n) is 4.79. The van der Waals surface area contributed by atoms with E-state index >= 15 is 0 Å². The molecule has 3 heteroatoms. The lowest BCUT2D eigenvalue weighted by atomic mass is 10.3. The summed E-state index contributed by atoms with van der Waals surface area (Å²) in [5.41, 5.74) is 1.14. The van der Waals surface area contributed by atoms with E-state index in [1.54, 1.807) is 13.3 Å². The van der Waals surface area contributed by atoms with E-state index in [4.69, 9.17) is 4.74 Å². The molecular formula is C12H13N2O+. The molecule has 0 radical (unpaired) electrons. The second-order valence-corrected chi connectivity index (χ2v) is 3.27. The number of hydrogen-bond acceptors (Lipinski definition) is 2. The molecule has 0 aliphatic carbocycles. The van der Waals surface area contributed by atoms with Crippen molar-refractivity contribution < 1.29 is 9.30 Å². The first-order valence-corrected chi connectivity index (χ1v) is 4.79. The molecule has 0 amide bonds. The van der Waals surface area contributed by atoms with Crippen molar-refractivity contribution >= 4 is 0 Å². The monoisotopic (exact) mass is 201 g/mol. The lowest BCUT2D eigenvalue weighted by Crippen LogP contribution is -2.34. The molecule has 0 N–H and O–H groups in total. The molecule has 2 rings (SSSR count). The Morgan fingerprint density at radius 2 is 2.13 bits per heavy atom. The van der Waals surface area contributed by atoms with Gasteiger partial charge in [0.2, 0.25) is 0 Å². The summed E-state index contributed by atoms with van der Waals surface area (Å²) in [5.74, 6) is 1.68. The standard InChI is InChI=1S/C12H13N2O/c1-10-5-3-4-8-14(10)12-9-11(15-2)6-7-13-12/h3-9H,1-2H3/q+1. The van der Waals surface area contributed by atoms with Crippen LogP contribution in [0.15, 0.2) is 42.7 Å². The molecule has 0 saturated heterocycles. The fourth-order valence-electron chi connectivity index (χ4n) is 1.44. The Morgan fingerprint density at radius 1 is 1.27 bits per heavy atom. The molecule has 0 aliphatic rings. The van der Waals surface area contributed by atoms with Crippen molar-refractivity contribution in [2.24, 2.45) is 0 Å². The topological polar surface area (TPSA) is 26.0 Å². The van der Waals surface area contributed by atoms with Crippen LogP contribution in [-0.4, -0.2) is 12.1 Å². The van der Waals surface area contributed by atoms with E-state index < -0.39 is 0 Å². The number of hydrogen-bond donors (Lipinski definition) is 0. The summed E-state index contributed by atoms with van der Waals surface area (Å²) in [7, 11) is 1.65. The van der Waals surface area contributed by atoms with Gasteiger partial charge < -0.3 is 4.74 Å². The molecule has 0 aliphatic heterocycles. The van der Waals surface area contributed by atoms with Gasteiger partial charge in [-0.25, -0.2) is 4.57 Å². The van der Waals surface area contributed by atoms with E-state index in [1.165, 1.54) is 0 Å². The van der Waals surface area contributed by atoms with E-state index in [0.717, 1.165) is 17.3 Å². The minimum absolute atomic E-state index is 0.816. The zero-order valence-corrected chi connectivity index (χ0v) is 8.84. The lowest BCUT2D eigenvalue weighted by molar-refractivity contribution is -0.606. The van der Waals surface area contributed by atoms with Crippen LogP contribution in [0.1, 0.15) is 5.69 Å². The van der Waals surface area contributed by atoms with Gasteiger partial charge in [-0.1, -0.05) is 6.07 Å². The molecule has 0 atom stereocenters. The Bertz CT molecular complexity index is 469. The molecule has 2 heterocycles. The molecule has 0 fully saturated rings. The van der Waals surface area contributed by atoms with E-state index in [0.29, 0.717) is 0 Å². The molecule has 0 unspecified atom stereocenters. The lowest BCUT2D eigenvalue weighted by Gasteiger charge is -2.01. The SMILES string of the molecule is COc1ccnc(-[n+]2ccccc2C)c1. The quantitative estimate of drug-likeness (QED) is 0.691. The largest absolute Gasteiger partial charge is 0.496 e. The third kappa shape index (κ3) is 1.96. The Balaban J connectivity index is 2.49. The summed E-state index contributed by atoms with van der Waals surface area (Å²) >= 11 is 0. The summed E-state index contributed by atoms with van der Waals surface area (Å²) in [6.07, 6.45) is 3.73. The predicted molar refractivity (Wildman–Crippen MR) is 57.1 cm³/mol. The summed E-state index contributed by atoms with van der Waals surface area (Å²) in [4.78, 5) is 4.30.